The third kappa shape index (κ3) is 4.17. The van der Waals surface area contributed by atoms with Gasteiger partial charge in [0.05, 0.1) is 38.6 Å². The Labute approximate surface area is 325 Å². The lowest BCUT2D eigenvalue weighted by atomic mass is 9.94. The molecule has 0 radical (unpaired) electrons. The van der Waals surface area contributed by atoms with E-state index in [4.69, 9.17) is 9.97 Å². The van der Waals surface area contributed by atoms with E-state index in [1.54, 1.807) is 0 Å². The van der Waals surface area contributed by atoms with Crippen molar-refractivity contribution in [3.05, 3.63) is 188 Å². The second kappa shape index (κ2) is 11.4. The molecule has 0 aliphatic heterocycles. The van der Waals surface area contributed by atoms with Gasteiger partial charge in [-0.15, -0.1) is 0 Å². The summed E-state index contributed by atoms with van der Waals surface area (Å²) in [6.45, 7) is 0. The van der Waals surface area contributed by atoms with E-state index in [9.17, 15) is 0 Å². The summed E-state index contributed by atoms with van der Waals surface area (Å²) < 4.78 is 7.04. The molecule has 0 saturated heterocycles. The first-order valence-electron chi connectivity index (χ1n) is 19.4. The molecule has 0 atom stereocenters. The lowest BCUT2D eigenvalue weighted by Gasteiger charge is -2.15. The maximum Gasteiger partial charge on any atom is 0.221 e. The van der Waals surface area contributed by atoms with Crippen molar-refractivity contribution in [1.29, 1.82) is 0 Å². The number of nitrogens with zero attached hydrogens (tertiary/aromatic N) is 5. The van der Waals surface area contributed by atoms with Crippen LogP contribution in [0.3, 0.4) is 0 Å². The van der Waals surface area contributed by atoms with Gasteiger partial charge in [-0.2, -0.15) is 0 Å². The van der Waals surface area contributed by atoms with E-state index in [1.165, 1.54) is 65.3 Å². The Hall–Kier alpha value is -7.76. The largest absolute Gasteiger partial charge is 0.309 e. The van der Waals surface area contributed by atoms with E-state index in [1.807, 2.05) is 0 Å². The zero-order valence-electron chi connectivity index (χ0n) is 30.6. The monoisotopic (exact) mass is 725 g/mol. The van der Waals surface area contributed by atoms with E-state index >= 15 is 0 Å². The van der Waals surface area contributed by atoms with E-state index in [-0.39, 0.29) is 0 Å². The molecule has 5 nitrogen and oxygen atoms in total. The average molecular weight is 726 g/mol. The molecule has 9 aromatic carbocycles. The van der Waals surface area contributed by atoms with Crippen molar-refractivity contribution in [2.45, 2.75) is 0 Å². The maximum absolute atomic E-state index is 5.45. The molecular formula is C52H31N5. The number of benzene rings is 9. The van der Waals surface area contributed by atoms with Gasteiger partial charge in [-0.1, -0.05) is 127 Å². The van der Waals surface area contributed by atoms with E-state index < -0.39 is 0 Å². The van der Waals surface area contributed by atoms with Crippen molar-refractivity contribution in [3.63, 3.8) is 0 Å². The van der Waals surface area contributed by atoms with E-state index in [0.29, 0.717) is 0 Å². The van der Waals surface area contributed by atoms with Crippen molar-refractivity contribution < 1.29 is 0 Å². The quantitative estimate of drug-likeness (QED) is 0.182. The normalized spacial score (nSPS) is 12.2. The Bertz CT molecular complexity index is 3810. The maximum atomic E-state index is 5.45. The van der Waals surface area contributed by atoms with Gasteiger partial charge in [0, 0.05) is 43.4 Å². The van der Waals surface area contributed by atoms with Crippen molar-refractivity contribution in [3.8, 4) is 22.8 Å². The summed E-state index contributed by atoms with van der Waals surface area (Å²) in [5.41, 5.74) is 12.0. The molecule has 0 spiro atoms. The lowest BCUT2D eigenvalue weighted by molar-refractivity contribution is 0.982. The van der Waals surface area contributed by atoms with Crippen molar-refractivity contribution in [2.24, 2.45) is 0 Å². The smallest absolute Gasteiger partial charge is 0.221 e. The lowest BCUT2D eigenvalue weighted by Crippen LogP contribution is -2.06. The Morgan fingerprint density at radius 3 is 1.84 bits per heavy atom. The summed E-state index contributed by atoms with van der Waals surface area (Å²) in [7, 11) is 0. The Morgan fingerprint density at radius 2 is 0.982 bits per heavy atom. The van der Waals surface area contributed by atoms with Crippen LogP contribution in [0, 0.1) is 0 Å². The number of rotatable bonds is 3. The van der Waals surface area contributed by atoms with Crippen LogP contribution in [0.1, 0.15) is 0 Å². The summed E-state index contributed by atoms with van der Waals surface area (Å²) in [6, 6.07) is 67.8. The van der Waals surface area contributed by atoms with Gasteiger partial charge in [0.25, 0.3) is 0 Å². The van der Waals surface area contributed by atoms with Gasteiger partial charge in [0.1, 0.15) is 5.65 Å². The minimum Gasteiger partial charge on any atom is -0.309 e. The fourth-order valence-corrected chi connectivity index (χ4v) is 9.54. The summed E-state index contributed by atoms with van der Waals surface area (Å²) in [5.74, 6) is 0.823. The summed E-state index contributed by atoms with van der Waals surface area (Å²) in [4.78, 5) is 10.6. The zero-order chi connectivity index (χ0) is 37.2. The van der Waals surface area contributed by atoms with Crippen LogP contribution in [-0.4, -0.2) is 23.5 Å². The molecule has 4 heterocycles. The Morgan fingerprint density at radius 1 is 0.351 bits per heavy atom. The summed E-state index contributed by atoms with van der Waals surface area (Å²) in [6.07, 6.45) is 0. The number of fused-ring (bicyclic) bond motifs is 15. The predicted molar refractivity (Wildman–Crippen MR) is 237 cm³/mol. The number of hydrogen-bond acceptors (Lipinski definition) is 2. The topological polar surface area (TPSA) is 40.0 Å². The molecule has 0 unspecified atom stereocenters. The third-order valence-electron chi connectivity index (χ3n) is 12.0. The highest BCUT2D eigenvalue weighted by Crippen LogP contribution is 2.44. The summed E-state index contributed by atoms with van der Waals surface area (Å²) in [5, 5.41) is 10.7. The van der Waals surface area contributed by atoms with Crippen LogP contribution in [0.2, 0.25) is 0 Å². The Kier molecular flexibility index (Phi) is 6.10. The van der Waals surface area contributed by atoms with Crippen LogP contribution in [0.25, 0.3) is 116 Å². The van der Waals surface area contributed by atoms with Crippen LogP contribution in [0.5, 0.6) is 0 Å². The van der Waals surface area contributed by atoms with E-state index in [2.05, 4.69) is 202 Å². The van der Waals surface area contributed by atoms with Crippen molar-refractivity contribution >= 4 is 92.7 Å². The van der Waals surface area contributed by atoms with Gasteiger partial charge in [0.2, 0.25) is 5.95 Å². The molecule has 0 saturated carbocycles. The van der Waals surface area contributed by atoms with Crippen LogP contribution in [0.4, 0.5) is 0 Å². The SMILES string of the molecule is c1ccc(-n2c3ccc(-c4cc5c6ccccc6n(-c6nc7ccccc7c7nc8ccccc8n67)c5c5ccccc45)cc3c3ccc4ccccc4c32)cc1. The first-order chi connectivity index (χ1) is 28.3. The van der Waals surface area contributed by atoms with Crippen molar-refractivity contribution in [2.75, 3.05) is 0 Å². The molecule has 0 N–H and O–H groups in total. The average Bonchev–Trinajstić information content (AvgIpc) is 3.95. The predicted octanol–water partition coefficient (Wildman–Crippen LogP) is 13.2. The minimum atomic E-state index is 0.823. The fourth-order valence-electron chi connectivity index (χ4n) is 9.54. The van der Waals surface area contributed by atoms with Gasteiger partial charge >= 0.3 is 0 Å². The van der Waals surface area contributed by atoms with Crippen LogP contribution >= 0.6 is 0 Å². The molecular weight excluding hydrogens is 695 g/mol. The number of hydrogen-bond donors (Lipinski definition) is 0. The molecule has 0 bridgehead atoms. The van der Waals surface area contributed by atoms with Crippen LogP contribution in [-0.2, 0) is 0 Å². The van der Waals surface area contributed by atoms with Crippen LogP contribution in [0.15, 0.2) is 188 Å². The van der Waals surface area contributed by atoms with Crippen molar-refractivity contribution in [1.82, 2.24) is 23.5 Å². The standard InChI is InChI=1S/C52H31N5/c1-2-15-34(16-3-1)55-47-29-27-33(30-42(47)39-28-26-32-14-4-5-17-35(32)49(39)55)41-31-43-37-19-9-12-24-46(37)56(50(43)38-20-7-6-18-36(38)41)52-54-44-22-10-8-21-40(44)51-53-45-23-11-13-25-48(45)57(51)52/h1-31H. The number of para-hydroxylation sites is 5. The summed E-state index contributed by atoms with van der Waals surface area (Å²) >= 11 is 0. The Balaban J connectivity index is 1.14. The highest BCUT2D eigenvalue weighted by molar-refractivity contribution is 6.23. The molecule has 57 heavy (non-hydrogen) atoms. The molecule has 13 rings (SSSR count). The molecule has 0 aliphatic rings. The van der Waals surface area contributed by atoms with E-state index in [0.717, 1.165) is 50.3 Å². The van der Waals surface area contributed by atoms with Gasteiger partial charge < -0.3 is 4.57 Å². The highest BCUT2D eigenvalue weighted by atomic mass is 15.2. The molecule has 4 aromatic heterocycles. The second-order valence-corrected chi connectivity index (χ2v) is 15.0. The first kappa shape index (κ1) is 30.6. The van der Waals surface area contributed by atoms with Crippen LogP contribution < -0.4 is 0 Å². The third-order valence-corrected chi connectivity index (χ3v) is 12.0. The molecule has 264 valence electrons. The molecule has 13 aromatic rings. The first-order valence-corrected chi connectivity index (χ1v) is 19.4. The molecule has 5 heteroatoms. The minimum absolute atomic E-state index is 0.823. The fraction of sp³-hybridized carbons (Fsp3) is 0. The molecule has 0 amide bonds. The zero-order valence-corrected chi connectivity index (χ0v) is 30.6. The number of imidazole rings is 1. The van der Waals surface area contributed by atoms with Gasteiger partial charge in [-0.3, -0.25) is 8.97 Å². The van der Waals surface area contributed by atoms with Gasteiger partial charge in [0.15, 0.2) is 0 Å². The number of aromatic nitrogens is 5. The second-order valence-electron chi connectivity index (χ2n) is 15.0. The molecule has 0 fully saturated rings. The molecule has 0 aliphatic carbocycles. The van der Waals surface area contributed by atoms with Gasteiger partial charge in [-0.25, -0.2) is 9.97 Å². The van der Waals surface area contributed by atoms with Gasteiger partial charge in [-0.05, 0) is 82.6 Å². The highest BCUT2D eigenvalue weighted by Gasteiger charge is 2.23.